The van der Waals surface area contributed by atoms with E-state index >= 15 is 0 Å². The Hall–Kier alpha value is -1.18. The van der Waals surface area contributed by atoms with Crippen LogP contribution < -0.4 is 0 Å². The quantitative estimate of drug-likeness (QED) is 0.586. The van der Waals surface area contributed by atoms with Crippen molar-refractivity contribution >= 4 is 11.6 Å². The molecule has 0 radical (unpaired) electrons. The highest BCUT2D eigenvalue weighted by Crippen LogP contribution is 2.54. The third-order valence-corrected chi connectivity index (χ3v) is 4.68. The number of hydrogen-bond acceptors (Lipinski definition) is 2. The molecule has 0 heterocycles. The van der Waals surface area contributed by atoms with E-state index in [9.17, 15) is 9.59 Å². The zero-order valence-corrected chi connectivity index (χ0v) is 10.4. The molecule has 0 spiro atoms. The van der Waals surface area contributed by atoms with Crippen LogP contribution in [0.1, 0.15) is 40.5 Å². The van der Waals surface area contributed by atoms with E-state index in [1.54, 1.807) is 13.8 Å². The molecule has 2 nitrogen and oxygen atoms in total. The summed E-state index contributed by atoms with van der Waals surface area (Å²) in [6, 6.07) is 0. The van der Waals surface area contributed by atoms with Crippen LogP contribution in [0.5, 0.6) is 0 Å². The lowest BCUT2D eigenvalue weighted by Gasteiger charge is -2.49. The van der Waals surface area contributed by atoms with Crippen LogP contribution in [0.4, 0.5) is 0 Å². The van der Waals surface area contributed by atoms with Gasteiger partial charge in [-0.25, -0.2) is 0 Å². The van der Waals surface area contributed by atoms with Crippen LogP contribution >= 0.6 is 0 Å². The number of hydrogen-bond donors (Lipinski definition) is 0. The summed E-state index contributed by atoms with van der Waals surface area (Å²) in [4.78, 5) is 24.8. The molecule has 2 atom stereocenters. The van der Waals surface area contributed by atoms with Gasteiger partial charge in [-0.15, -0.1) is 0 Å². The number of carbonyl (C=O) groups is 2. The first-order chi connectivity index (χ1) is 7.34. The summed E-state index contributed by atoms with van der Waals surface area (Å²) in [5.41, 5.74) is 0.228. The summed E-state index contributed by atoms with van der Waals surface area (Å²) >= 11 is 0. The fraction of sp³-hybridized carbons (Fsp3) is 0.571. The smallest absolute Gasteiger partial charge is 0.166 e. The monoisotopic (exact) mass is 218 g/mol. The molecular weight excluding hydrogens is 200 g/mol. The average molecular weight is 218 g/mol. The van der Waals surface area contributed by atoms with Crippen LogP contribution in [0.15, 0.2) is 23.3 Å². The third-order valence-electron chi connectivity index (χ3n) is 4.68. The van der Waals surface area contributed by atoms with E-state index in [0.29, 0.717) is 24.0 Å². The second kappa shape index (κ2) is 3.16. The fourth-order valence-corrected chi connectivity index (χ4v) is 2.94. The number of carbonyl (C=O) groups excluding carboxylic acids is 2. The van der Waals surface area contributed by atoms with Crippen molar-refractivity contribution in [2.75, 3.05) is 0 Å². The van der Waals surface area contributed by atoms with Gasteiger partial charge in [-0.1, -0.05) is 26.0 Å². The van der Waals surface area contributed by atoms with E-state index in [4.69, 9.17) is 0 Å². The molecular formula is C14H18O2. The van der Waals surface area contributed by atoms with Gasteiger partial charge in [-0.3, -0.25) is 9.59 Å². The average Bonchev–Trinajstić information content (AvgIpc) is 2.27. The highest BCUT2D eigenvalue weighted by molar-refractivity contribution is 6.16. The highest BCUT2D eigenvalue weighted by atomic mass is 16.1. The number of allylic oxidation sites excluding steroid dienone is 4. The molecule has 0 aromatic carbocycles. The van der Waals surface area contributed by atoms with Crippen LogP contribution in [-0.4, -0.2) is 11.6 Å². The number of Topliss-reactive ketones (excluding diaryl/α,β-unsaturated/α-hetero) is 2. The van der Waals surface area contributed by atoms with Crippen LogP contribution in [0, 0.1) is 10.8 Å². The Morgan fingerprint density at radius 2 is 1.19 bits per heavy atom. The number of fused-ring (bicyclic) bond motifs is 1. The highest BCUT2D eigenvalue weighted by Gasteiger charge is 2.57. The van der Waals surface area contributed by atoms with Gasteiger partial charge >= 0.3 is 0 Å². The predicted octanol–water partition coefficient (Wildman–Crippen LogP) is 2.84. The molecule has 86 valence electrons. The van der Waals surface area contributed by atoms with Crippen LogP contribution in [0.2, 0.25) is 0 Å². The summed E-state index contributed by atoms with van der Waals surface area (Å²) in [5, 5.41) is 0. The Balaban J connectivity index is 2.68. The summed E-state index contributed by atoms with van der Waals surface area (Å²) in [6.45, 7) is 7.43. The van der Waals surface area contributed by atoms with Crippen molar-refractivity contribution in [3.8, 4) is 0 Å². The largest absolute Gasteiger partial charge is 0.294 e. The summed E-state index contributed by atoms with van der Waals surface area (Å²) < 4.78 is 0. The van der Waals surface area contributed by atoms with Gasteiger partial charge in [0, 0.05) is 10.8 Å². The zero-order chi connectivity index (χ0) is 12.1. The number of rotatable bonds is 0. The topological polar surface area (TPSA) is 34.1 Å². The molecule has 0 bridgehead atoms. The Labute approximate surface area is 96.4 Å². The van der Waals surface area contributed by atoms with Gasteiger partial charge in [0.05, 0.1) is 0 Å². The van der Waals surface area contributed by atoms with Gasteiger partial charge in [0.2, 0.25) is 0 Å². The van der Waals surface area contributed by atoms with Gasteiger partial charge < -0.3 is 0 Å². The second-order valence-electron chi connectivity index (χ2n) is 5.45. The minimum atomic E-state index is -0.539. The summed E-state index contributed by atoms with van der Waals surface area (Å²) in [7, 11) is 0. The van der Waals surface area contributed by atoms with Crippen molar-refractivity contribution in [2.24, 2.45) is 10.8 Å². The van der Waals surface area contributed by atoms with Crippen molar-refractivity contribution in [3.63, 3.8) is 0 Å². The lowest BCUT2D eigenvalue weighted by Crippen LogP contribution is -2.53. The minimum absolute atomic E-state index is 0.149. The van der Waals surface area contributed by atoms with Crippen molar-refractivity contribution in [2.45, 2.75) is 40.5 Å². The first-order valence-corrected chi connectivity index (χ1v) is 5.77. The Bertz CT molecular complexity index is 402. The van der Waals surface area contributed by atoms with Crippen LogP contribution in [0.3, 0.4) is 0 Å². The van der Waals surface area contributed by atoms with E-state index in [0.717, 1.165) is 0 Å². The first-order valence-electron chi connectivity index (χ1n) is 5.77. The normalized spacial score (nSPS) is 39.0. The van der Waals surface area contributed by atoms with Crippen molar-refractivity contribution in [1.82, 2.24) is 0 Å². The maximum atomic E-state index is 12.4. The second-order valence-corrected chi connectivity index (χ2v) is 5.45. The molecule has 0 unspecified atom stereocenters. The van der Waals surface area contributed by atoms with E-state index in [1.165, 1.54) is 0 Å². The van der Waals surface area contributed by atoms with E-state index in [-0.39, 0.29) is 11.6 Å². The van der Waals surface area contributed by atoms with Crippen LogP contribution in [0.25, 0.3) is 0 Å². The van der Waals surface area contributed by atoms with Crippen molar-refractivity contribution in [3.05, 3.63) is 23.3 Å². The Kier molecular flexibility index (Phi) is 2.23. The molecule has 0 N–H and O–H groups in total. The standard InChI is InChI=1S/C14H18O2/c1-9-10(2)12(16)14(4)8-6-5-7-13(14,3)11(9)15/h5-6H,7-8H2,1-4H3/t13-,14+. The lowest BCUT2D eigenvalue weighted by molar-refractivity contribution is -0.145. The molecule has 0 amide bonds. The van der Waals surface area contributed by atoms with Crippen molar-refractivity contribution in [1.29, 1.82) is 0 Å². The van der Waals surface area contributed by atoms with Crippen LogP contribution in [-0.2, 0) is 9.59 Å². The Morgan fingerprint density at radius 1 is 0.875 bits per heavy atom. The maximum Gasteiger partial charge on any atom is 0.166 e. The molecule has 0 saturated carbocycles. The third kappa shape index (κ3) is 1.07. The summed E-state index contributed by atoms with van der Waals surface area (Å²) in [5.74, 6) is 0.299. The molecule has 0 fully saturated rings. The Morgan fingerprint density at radius 3 is 1.50 bits per heavy atom. The molecule has 0 aliphatic heterocycles. The lowest BCUT2D eigenvalue weighted by atomic mass is 9.51. The van der Waals surface area contributed by atoms with Crippen molar-refractivity contribution < 1.29 is 9.59 Å². The van der Waals surface area contributed by atoms with Gasteiger partial charge in [-0.05, 0) is 37.8 Å². The summed E-state index contributed by atoms with van der Waals surface area (Å²) in [6.07, 6.45) is 5.42. The van der Waals surface area contributed by atoms with E-state index in [2.05, 4.69) is 0 Å². The first kappa shape index (κ1) is 11.3. The zero-order valence-electron chi connectivity index (χ0n) is 10.4. The van der Waals surface area contributed by atoms with Gasteiger partial charge in [-0.2, -0.15) is 0 Å². The molecule has 16 heavy (non-hydrogen) atoms. The van der Waals surface area contributed by atoms with E-state index in [1.807, 2.05) is 26.0 Å². The molecule has 0 aromatic rings. The molecule has 2 aliphatic rings. The molecule has 2 rings (SSSR count). The molecule has 0 saturated heterocycles. The molecule has 2 heteroatoms. The van der Waals surface area contributed by atoms with Gasteiger partial charge in [0.1, 0.15) is 0 Å². The molecule has 0 aromatic heterocycles. The predicted molar refractivity (Wildman–Crippen MR) is 63.0 cm³/mol. The minimum Gasteiger partial charge on any atom is -0.294 e. The SMILES string of the molecule is CC1=C(C)C(=O)[C@@]2(C)CC=CC[C@@]2(C)C1=O. The number of ketones is 2. The van der Waals surface area contributed by atoms with E-state index < -0.39 is 10.8 Å². The molecule has 2 aliphatic carbocycles. The maximum absolute atomic E-state index is 12.4. The fourth-order valence-electron chi connectivity index (χ4n) is 2.94. The van der Waals surface area contributed by atoms with Gasteiger partial charge in [0.15, 0.2) is 11.6 Å². The van der Waals surface area contributed by atoms with Gasteiger partial charge in [0.25, 0.3) is 0 Å².